The summed E-state index contributed by atoms with van der Waals surface area (Å²) in [6.45, 7) is 12.9. The van der Waals surface area contributed by atoms with Crippen LogP contribution in [-0.2, 0) is 26.1 Å². The second-order valence-corrected chi connectivity index (χ2v) is 15.6. The molecular weight excluding hydrogens is 809 g/mol. The average Bonchev–Trinajstić information content (AvgIpc) is 3.33. The molecule has 4 amide bonds. The Morgan fingerprint density at radius 1 is 0.562 bits per heavy atom. The molecule has 0 spiro atoms. The van der Waals surface area contributed by atoms with Gasteiger partial charge in [-0.25, -0.2) is 29.5 Å². The zero-order valence-electron chi connectivity index (χ0n) is 36.9. The number of nitrogens with one attached hydrogen (secondary N) is 2. The van der Waals surface area contributed by atoms with Gasteiger partial charge in [0.2, 0.25) is 0 Å². The first-order valence-electron chi connectivity index (χ1n) is 21.8. The van der Waals surface area contributed by atoms with E-state index in [2.05, 4.69) is 90.2 Å². The Kier molecular flexibility index (Phi) is 15.5. The number of pyridine rings is 2. The lowest BCUT2D eigenvalue weighted by atomic mass is 10.1. The molecule has 4 aromatic heterocycles. The summed E-state index contributed by atoms with van der Waals surface area (Å²) >= 11 is 0. The monoisotopic (exact) mass is 864 g/mol. The first kappa shape index (κ1) is 44.7. The van der Waals surface area contributed by atoms with Gasteiger partial charge < -0.3 is 39.7 Å². The van der Waals surface area contributed by atoms with E-state index in [0.29, 0.717) is 75.9 Å². The molecule has 8 rings (SSSR count). The molecule has 0 aliphatic carbocycles. The molecule has 2 N–H and O–H groups in total. The fourth-order valence-corrected chi connectivity index (χ4v) is 7.68. The third kappa shape index (κ3) is 12.0. The predicted molar refractivity (Wildman–Crippen MR) is 248 cm³/mol. The zero-order chi connectivity index (χ0) is 44.7. The molecule has 6 aromatic rings. The Morgan fingerprint density at radius 3 is 1.50 bits per heavy atom. The smallest absolute Gasteiger partial charge is 0.322 e. The van der Waals surface area contributed by atoms with Crippen LogP contribution < -0.4 is 29.9 Å². The minimum absolute atomic E-state index is 0.0156. The van der Waals surface area contributed by atoms with Crippen molar-refractivity contribution in [2.24, 2.45) is 0 Å². The van der Waals surface area contributed by atoms with E-state index >= 15 is 0 Å². The summed E-state index contributed by atoms with van der Waals surface area (Å²) in [5.74, 6) is 2.38. The van der Waals surface area contributed by atoms with E-state index in [1.54, 1.807) is 49.6 Å². The Bertz CT molecular complexity index is 2410. The van der Waals surface area contributed by atoms with Crippen LogP contribution in [0.1, 0.15) is 49.9 Å². The topological polar surface area (TPSA) is 167 Å². The molecule has 2 aliphatic heterocycles. The fourth-order valence-electron chi connectivity index (χ4n) is 7.68. The summed E-state index contributed by atoms with van der Waals surface area (Å²) in [7, 11) is 0. The first-order valence-corrected chi connectivity index (χ1v) is 21.8. The molecular formula is C48H56N12O4. The number of amides is 4. The van der Waals surface area contributed by atoms with Crippen molar-refractivity contribution in [2.45, 2.75) is 65.8 Å². The summed E-state index contributed by atoms with van der Waals surface area (Å²) in [6, 6.07) is 23.4. The van der Waals surface area contributed by atoms with Gasteiger partial charge in [-0.15, -0.1) is 0 Å². The fraction of sp³-hybridized carbons (Fsp3) is 0.333. The van der Waals surface area contributed by atoms with Crippen molar-refractivity contribution in [2.75, 3.05) is 59.7 Å². The van der Waals surface area contributed by atoms with E-state index < -0.39 is 0 Å². The first-order chi connectivity index (χ1) is 31.3. The van der Waals surface area contributed by atoms with Gasteiger partial charge in [0.1, 0.15) is 13.2 Å². The van der Waals surface area contributed by atoms with Crippen LogP contribution in [-0.4, -0.2) is 103 Å². The van der Waals surface area contributed by atoms with Crippen molar-refractivity contribution < 1.29 is 19.1 Å². The minimum atomic E-state index is -0.0868. The highest BCUT2D eigenvalue weighted by Crippen LogP contribution is 2.29. The van der Waals surface area contributed by atoms with Crippen molar-refractivity contribution in [1.29, 1.82) is 0 Å². The molecule has 0 bridgehead atoms. The SMILES string of the molecule is CCc1cccc(NC(=O)N2C(C)CN(c3nccnc3OCc3ccncc3)CC2C)c1.CCc1cccc(NC(=O)N2CCN(c3nccnc3OCc3ccncc3)CC2)c1. The molecule has 332 valence electrons. The van der Waals surface area contributed by atoms with Crippen LogP contribution in [0.25, 0.3) is 0 Å². The van der Waals surface area contributed by atoms with Gasteiger partial charge in [0, 0.05) is 112 Å². The Labute approximate surface area is 374 Å². The number of benzene rings is 2. The minimum Gasteiger partial charge on any atom is -0.470 e. The van der Waals surface area contributed by atoms with Gasteiger partial charge >= 0.3 is 12.1 Å². The maximum absolute atomic E-state index is 13.1. The van der Waals surface area contributed by atoms with Gasteiger partial charge in [-0.05, 0) is 97.5 Å². The maximum atomic E-state index is 13.1. The van der Waals surface area contributed by atoms with E-state index in [1.165, 1.54) is 11.1 Å². The van der Waals surface area contributed by atoms with E-state index in [0.717, 1.165) is 35.3 Å². The van der Waals surface area contributed by atoms with E-state index in [4.69, 9.17) is 9.47 Å². The number of nitrogens with zero attached hydrogens (tertiary/aromatic N) is 10. The largest absolute Gasteiger partial charge is 0.470 e. The standard InChI is InChI=1S/C25H30N6O2.C23H26N6O2/c1-4-20-6-5-7-22(14-20)29-25(32)31-18(2)15-30(16-19(31)3)23-24(28-13-12-27-23)33-17-21-8-10-26-11-9-21;1-2-18-4-3-5-20(16-18)27-23(30)29-14-12-28(13-15-29)21-22(26-11-10-25-21)31-17-19-6-8-24-9-7-19/h5-14,18-19H,4,15-17H2,1-3H3,(H,29,32);3-11,16H,2,12-15,17H2,1H3,(H,27,30). The second-order valence-electron chi connectivity index (χ2n) is 15.6. The van der Waals surface area contributed by atoms with Crippen LogP contribution in [0, 0.1) is 0 Å². The number of ether oxygens (including phenoxy) is 2. The molecule has 0 radical (unpaired) electrons. The highest BCUT2D eigenvalue weighted by molar-refractivity contribution is 5.90. The number of rotatable bonds is 12. The van der Waals surface area contributed by atoms with Gasteiger partial charge in [0.05, 0.1) is 0 Å². The van der Waals surface area contributed by atoms with Gasteiger partial charge in [-0.3, -0.25) is 9.97 Å². The normalized spacial score (nSPS) is 16.0. The number of urea groups is 2. The Hall–Kier alpha value is -7.36. The number of hydrogen-bond acceptors (Lipinski definition) is 12. The van der Waals surface area contributed by atoms with Crippen LogP contribution in [0.5, 0.6) is 11.8 Å². The van der Waals surface area contributed by atoms with Crippen LogP contribution in [0.4, 0.5) is 32.6 Å². The lowest BCUT2D eigenvalue weighted by molar-refractivity contribution is 0.153. The molecule has 2 fully saturated rings. The van der Waals surface area contributed by atoms with Crippen molar-refractivity contribution >= 4 is 35.1 Å². The summed E-state index contributed by atoms with van der Waals surface area (Å²) in [5, 5.41) is 6.06. The molecule has 0 saturated carbocycles. The third-order valence-electron chi connectivity index (χ3n) is 11.0. The molecule has 64 heavy (non-hydrogen) atoms. The van der Waals surface area contributed by atoms with Crippen molar-refractivity contribution in [3.63, 3.8) is 0 Å². The molecule has 16 nitrogen and oxygen atoms in total. The predicted octanol–water partition coefficient (Wildman–Crippen LogP) is 7.51. The van der Waals surface area contributed by atoms with Crippen LogP contribution in [0.3, 0.4) is 0 Å². The molecule has 2 aliphatic rings. The highest BCUT2D eigenvalue weighted by atomic mass is 16.5. The number of piperazine rings is 2. The van der Waals surface area contributed by atoms with Gasteiger partial charge in [-0.1, -0.05) is 38.1 Å². The van der Waals surface area contributed by atoms with Crippen LogP contribution in [0.2, 0.25) is 0 Å². The summed E-state index contributed by atoms with van der Waals surface area (Å²) in [5.41, 5.74) is 6.07. The van der Waals surface area contributed by atoms with Crippen molar-refractivity contribution in [1.82, 2.24) is 39.7 Å². The third-order valence-corrected chi connectivity index (χ3v) is 11.0. The lowest BCUT2D eigenvalue weighted by Crippen LogP contribution is -2.60. The number of anilines is 4. The zero-order valence-corrected chi connectivity index (χ0v) is 36.9. The van der Waals surface area contributed by atoms with Gasteiger partial charge in [-0.2, -0.15) is 0 Å². The maximum Gasteiger partial charge on any atom is 0.322 e. The molecule has 2 aromatic carbocycles. The summed E-state index contributed by atoms with van der Waals surface area (Å²) < 4.78 is 11.9. The number of aromatic nitrogens is 6. The molecule has 2 saturated heterocycles. The second kappa shape index (κ2) is 22.1. The average molecular weight is 865 g/mol. The number of carbonyl (C=O) groups excluding carboxylic acids is 2. The van der Waals surface area contributed by atoms with Crippen molar-refractivity contribution in [3.05, 3.63) is 145 Å². The molecule has 2 atom stereocenters. The van der Waals surface area contributed by atoms with Crippen LogP contribution in [0.15, 0.2) is 122 Å². The van der Waals surface area contributed by atoms with Gasteiger partial charge in [0.25, 0.3) is 11.8 Å². The van der Waals surface area contributed by atoms with Crippen molar-refractivity contribution in [3.8, 4) is 11.8 Å². The summed E-state index contributed by atoms with van der Waals surface area (Å²) in [4.78, 5) is 59.6. The van der Waals surface area contributed by atoms with E-state index in [9.17, 15) is 9.59 Å². The summed E-state index contributed by atoms with van der Waals surface area (Å²) in [6.07, 6.45) is 15.4. The Balaban J connectivity index is 0.000000192. The highest BCUT2D eigenvalue weighted by Gasteiger charge is 2.35. The molecule has 2 unspecified atom stereocenters. The van der Waals surface area contributed by atoms with E-state index in [1.807, 2.05) is 70.5 Å². The van der Waals surface area contributed by atoms with Gasteiger partial charge in [0.15, 0.2) is 11.6 Å². The number of hydrogen-bond donors (Lipinski definition) is 2. The Morgan fingerprint density at radius 2 is 1.02 bits per heavy atom. The lowest BCUT2D eigenvalue weighted by Gasteiger charge is -2.44. The quantitative estimate of drug-likeness (QED) is 0.125. The number of aryl methyl sites for hydroxylation is 2. The van der Waals surface area contributed by atoms with Crippen LogP contribution >= 0.6 is 0 Å². The molecule has 6 heterocycles. The molecule has 16 heteroatoms. The van der Waals surface area contributed by atoms with E-state index in [-0.39, 0.29) is 24.1 Å². The number of carbonyl (C=O) groups is 2.